The zero-order valence-corrected chi connectivity index (χ0v) is 16.5. The third kappa shape index (κ3) is 4.98. The molecule has 0 saturated heterocycles. The Morgan fingerprint density at radius 3 is 2.58 bits per heavy atom. The normalized spacial score (nSPS) is 13.0. The van der Waals surface area contributed by atoms with Crippen LogP contribution in [0.4, 0.5) is 0 Å². The smallest absolute Gasteiger partial charge is 0.214 e. The van der Waals surface area contributed by atoms with E-state index in [2.05, 4.69) is 31.6 Å². The van der Waals surface area contributed by atoms with E-state index in [9.17, 15) is 0 Å². The minimum absolute atomic E-state index is 0.135. The van der Waals surface area contributed by atoms with E-state index in [1.54, 1.807) is 14.2 Å². The summed E-state index contributed by atoms with van der Waals surface area (Å²) in [6.07, 6.45) is 0. The van der Waals surface area contributed by atoms with Crippen LogP contribution in [0.5, 0.6) is 5.75 Å². The highest BCUT2D eigenvalue weighted by atomic mass is 16.5. The quantitative estimate of drug-likeness (QED) is 0.583. The standard InChI is InChI=1S/C19H29N5O2/c1-13-14(2)26-18(23-13)12-22-19(20-3)21-11-16(24(4)5)15-9-7-8-10-17(15)25-6/h7-10,16H,11-12H2,1-6H3,(H2,20,21,22). The lowest BCUT2D eigenvalue weighted by molar-refractivity contribution is 0.287. The molecule has 0 bridgehead atoms. The van der Waals surface area contributed by atoms with Crippen molar-refractivity contribution in [1.82, 2.24) is 20.5 Å². The zero-order valence-electron chi connectivity index (χ0n) is 16.5. The van der Waals surface area contributed by atoms with Crippen LogP contribution in [0.15, 0.2) is 33.7 Å². The van der Waals surface area contributed by atoms with Crippen molar-refractivity contribution in [2.75, 3.05) is 34.8 Å². The van der Waals surface area contributed by atoms with Gasteiger partial charge in [-0.05, 0) is 34.0 Å². The van der Waals surface area contributed by atoms with Crippen molar-refractivity contribution in [2.45, 2.75) is 26.4 Å². The molecule has 142 valence electrons. The molecule has 0 aliphatic carbocycles. The van der Waals surface area contributed by atoms with Crippen molar-refractivity contribution < 1.29 is 9.15 Å². The molecule has 1 atom stereocenters. The summed E-state index contributed by atoms with van der Waals surface area (Å²) in [6, 6.07) is 8.19. The highest BCUT2D eigenvalue weighted by molar-refractivity contribution is 5.79. The first-order valence-corrected chi connectivity index (χ1v) is 8.63. The number of nitrogens with zero attached hydrogens (tertiary/aromatic N) is 3. The fourth-order valence-corrected chi connectivity index (χ4v) is 2.70. The number of methoxy groups -OCH3 is 1. The number of oxazole rings is 1. The van der Waals surface area contributed by atoms with Crippen molar-refractivity contribution in [3.8, 4) is 5.75 Å². The summed E-state index contributed by atoms with van der Waals surface area (Å²) in [5.41, 5.74) is 2.04. The van der Waals surface area contributed by atoms with Crippen LogP contribution in [0.2, 0.25) is 0 Å². The predicted molar refractivity (Wildman–Crippen MR) is 104 cm³/mol. The van der Waals surface area contributed by atoms with Crippen molar-refractivity contribution in [3.63, 3.8) is 0 Å². The highest BCUT2D eigenvalue weighted by Crippen LogP contribution is 2.27. The van der Waals surface area contributed by atoms with Crippen molar-refractivity contribution in [2.24, 2.45) is 4.99 Å². The van der Waals surface area contributed by atoms with Gasteiger partial charge in [0.1, 0.15) is 11.5 Å². The van der Waals surface area contributed by atoms with E-state index in [1.165, 1.54) is 0 Å². The Kier molecular flexibility index (Phi) is 7.03. The molecular weight excluding hydrogens is 330 g/mol. The summed E-state index contributed by atoms with van der Waals surface area (Å²) in [6.45, 7) is 5.00. The van der Waals surface area contributed by atoms with Gasteiger partial charge in [0.05, 0.1) is 25.4 Å². The fraction of sp³-hybridized carbons (Fsp3) is 0.474. The van der Waals surface area contributed by atoms with Gasteiger partial charge in [0.25, 0.3) is 0 Å². The van der Waals surface area contributed by atoms with Gasteiger partial charge in [-0.25, -0.2) is 4.98 Å². The maximum atomic E-state index is 5.59. The molecule has 1 heterocycles. The third-order valence-electron chi connectivity index (χ3n) is 4.29. The molecule has 0 amide bonds. The van der Waals surface area contributed by atoms with E-state index in [4.69, 9.17) is 9.15 Å². The van der Waals surface area contributed by atoms with Gasteiger partial charge in [-0.2, -0.15) is 0 Å². The number of ether oxygens (including phenoxy) is 1. The molecule has 1 unspecified atom stereocenters. The number of likely N-dealkylation sites (N-methyl/N-ethyl adjacent to an activating group) is 1. The zero-order chi connectivity index (χ0) is 19.1. The maximum absolute atomic E-state index is 5.59. The van der Waals surface area contributed by atoms with Gasteiger partial charge in [0.15, 0.2) is 5.96 Å². The van der Waals surface area contributed by atoms with E-state index >= 15 is 0 Å². The van der Waals surface area contributed by atoms with Crippen molar-refractivity contribution in [1.29, 1.82) is 0 Å². The van der Waals surface area contributed by atoms with E-state index in [0.717, 1.165) is 22.8 Å². The monoisotopic (exact) mass is 359 g/mol. The number of aliphatic imine (C=N–C) groups is 1. The lowest BCUT2D eigenvalue weighted by Crippen LogP contribution is -2.41. The molecule has 7 nitrogen and oxygen atoms in total. The molecular formula is C19H29N5O2. The van der Waals surface area contributed by atoms with Gasteiger partial charge in [-0.1, -0.05) is 18.2 Å². The average Bonchev–Trinajstić information content (AvgIpc) is 2.95. The van der Waals surface area contributed by atoms with Crippen molar-refractivity contribution in [3.05, 3.63) is 47.2 Å². The van der Waals surface area contributed by atoms with Crippen LogP contribution in [0.3, 0.4) is 0 Å². The third-order valence-corrected chi connectivity index (χ3v) is 4.29. The molecule has 0 aliphatic heterocycles. The first-order valence-electron chi connectivity index (χ1n) is 8.63. The molecule has 0 spiro atoms. The Morgan fingerprint density at radius 2 is 2.00 bits per heavy atom. The SMILES string of the molecule is CN=C(NCc1nc(C)c(C)o1)NCC(c1ccccc1OC)N(C)C. The summed E-state index contributed by atoms with van der Waals surface area (Å²) in [4.78, 5) is 10.8. The van der Waals surface area contributed by atoms with E-state index in [0.29, 0.717) is 24.9 Å². The Hall–Kier alpha value is -2.54. The average molecular weight is 359 g/mol. The molecule has 0 radical (unpaired) electrons. The Balaban J connectivity index is 2.00. The minimum atomic E-state index is 0.135. The summed E-state index contributed by atoms with van der Waals surface area (Å²) in [5, 5.41) is 6.60. The Bertz CT molecular complexity index is 720. The van der Waals surface area contributed by atoms with E-state index < -0.39 is 0 Å². The van der Waals surface area contributed by atoms with Crippen molar-refractivity contribution >= 4 is 5.96 Å². The predicted octanol–water partition coefficient (Wildman–Crippen LogP) is 2.27. The van der Waals surface area contributed by atoms with Crippen LogP contribution in [-0.4, -0.2) is 50.6 Å². The lowest BCUT2D eigenvalue weighted by Gasteiger charge is -2.27. The largest absolute Gasteiger partial charge is 0.496 e. The molecule has 1 aromatic carbocycles. The number of benzene rings is 1. The number of para-hydroxylation sites is 1. The fourth-order valence-electron chi connectivity index (χ4n) is 2.70. The minimum Gasteiger partial charge on any atom is -0.496 e. The first kappa shape index (κ1) is 19.8. The van der Waals surface area contributed by atoms with Gasteiger partial charge in [0.2, 0.25) is 5.89 Å². The van der Waals surface area contributed by atoms with Gasteiger partial charge in [0, 0.05) is 19.2 Å². The summed E-state index contributed by atoms with van der Waals surface area (Å²) < 4.78 is 11.1. The molecule has 2 rings (SSSR count). The number of hydrogen-bond acceptors (Lipinski definition) is 5. The van der Waals surface area contributed by atoms with Crippen LogP contribution in [0, 0.1) is 13.8 Å². The number of nitrogens with one attached hydrogen (secondary N) is 2. The van der Waals surface area contributed by atoms with Crippen LogP contribution in [0.25, 0.3) is 0 Å². The molecule has 7 heteroatoms. The van der Waals surface area contributed by atoms with Crippen LogP contribution in [-0.2, 0) is 6.54 Å². The van der Waals surface area contributed by atoms with Gasteiger partial charge < -0.3 is 24.7 Å². The molecule has 2 aromatic rings. The lowest BCUT2D eigenvalue weighted by atomic mass is 10.0. The molecule has 26 heavy (non-hydrogen) atoms. The Morgan fingerprint density at radius 1 is 1.27 bits per heavy atom. The van der Waals surface area contributed by atoms with Crippen LogP contribution < -0.4 is 15.4 Å². The number of aromatic nitrogens is 1. The number of guanidine groups is 1. The number of rotatable bonds is 7. The number of hydrogen-bond donors (Lipinski definition) is 2. The molecule has 1 aromatic heterocycles. The first-order chi connectivity index (χ1) is 12.5. The Labute approximate surface area is 155 Å². The number of aryl methyl sites for hydroxylation is 2. The molecule has 0 aliphatic rings. The van der Waals surface area contributed by atoms with E-state index in [-0.39, 0.29) is 6.04 Å². The summed E-state index contributed by atoms with van der Waals surface area (Å²) >= 11 is 0. The topological polar surface area (TPSA) is 74.9 Å². The summed E-state index contributed by atoms with van der Waals surface area (Å²) in [7, 11) is 7.54. The molecule has 0 saturated carbocycles. The molecule has 0 fully saturated rings. The van der Waals surface area contributed by atoms with Gasteiger partial charge in [-0.3, -0.25) is 4.99 Å². The maximum Gasteiger partial charge on any atom is 0.214 e. The van der Waals surface area contributed by atoms with E-state index in [1.807, 2.05) is 46.1 Å². The summed E-state index contributed by atoms with van der Waals surface area (Å²) in [5.74, 6) is 3.06. The van der Waals surface area contributed by atoms with Gasteiger partial charge in [-0.15, -0.1) is 0 Å². The van der Waals surface area contributed by atoms with Crippen LogP contribution in [0.1, 0.15) is 29.0 Å². The molecule has 2 N–H and O–H groups in total. The second-order valence-electron chi connectivity index (χ2n) is 6.28. The van der Waals surface area contributed by atoms with Gasteiger partial charge >= 0.3 is 0 Å². The second-order valence-corrected chi connectivity index (χ2v) is 6.28. The second kappa shape index (κ2) is 9.24. The van der Waals surface area contributed by atoms with Crippen LogP contribution >= 0.6 is 0 Å². The highest BCUT2D eigenvalue weighted by Gasteiger charge is 2.18.